The van der Waals surface area contributed by atoms with E-state index in [2.05, 4.69) is 64.4 Å². The van der Waals surface area contributed by atoms with Crippen molar-refractivity contribution in [1.82, 2.24) is 20.4 Å². The minimum absolute atomic E-state index is 0. The molecule has 1 heterocycles. The smallest absolute Gasteiger partial charge is 0.190 e. The molecule has 0 aliphatic carbocycles. The van der Waals surface area contributed by atoms with Gasteiger partial charge < -0.3 is 15.4 Å². The zero-order valence-corrected chi connectivity index (χ0v) is 20.7. The average Bonchev–Trinajstić information content (AvgIpc) is 3.00. The Bertz CT molecular complexity index is 740. The van der Waals surface area contributed by atoms with Crippen molar-refractivity contribution >= 4 is 29.9 Å². The molecule has 0 amide bonds. The number of ether oxygens (including phenoxy) is 1. The van der Waals surface area contributed by atoms with Crippen molar-refractivity contribution in [2.45, 2.75) is 47.1 Å². The SMILES string of the molecule is CN=C(NCCCn1nc(C)cc1C)NCCc1ccc(OCC(C)C)cc1.I. The number of rotatable bonds is 10. The van der Waals surface area contributed by atoms with Gasteiger partial charge >= 0.3 is 0 Å². The molecule has 0 spiro atoms. The van der Waals surface area contributed by atoms with E-state index in [1.165, 1.54) is 11.3 Å². The molecule has 0 aliphatic heterocycles. The fourth-order valence-corrected chi connectivity index (χ4v) is 2.90. The van der Waals surface area contributed by atoms with Crippen LogP contribution in [0.25, 0.3) is 0 Å². The molecule has 162 valence electrons. The molecule has 1 aromatic heterocycles. The second-order valence-electron chi connectivity index (χ2n) is 7.53. The molecular formula is C22H36IN5O. The van der Waals surface area contributed by atoms with E-state index in [1.54, 1.807) is 7.05 Å². The van der Waals surface area contributed by atoms with Crippen LogP contribution in [0.15, 0.2) is 35.3 Å². The Morgan fingerprint density at radius 2 is 1.83 bits per heavy atom. The van der Waals surface area contributed by atoms with E-state index < -0.39 is 0 Å². The predicted molar refractivity (Wildman–Crippen MR) is 132 cm³/mol. The van der Waals surface area contributed by atoms with Crippen LogP contribution >= 0.6 is 24.0 Å². The first-order valence-corrected chi connectivity index (χ1v) is 10.1. The summed E-state index contributed by atoms with van der Waals surface area (Å²) in [7, 11) is 1.80. The number of aliphatic imine (C=N–C) groups is 1. The summed E-state index contributed by atoms with van der Waals surface area (Å²) in [4.78, 5) is 4.29. The normalized spacial score (nSPS) is 11.3. The van der Waals surface area contributed by atoms with Crippen LogP contribution in [0.1, 0.15) is 37.2 Å². The first-order valence-electron chi connectivity index (χ1n) is 10.1. The summed E-state index contributed by atoms with van der Waals surface area (Å²) in [5.74, 6) is 2.31. The van der Waals surface area contributed by atoms with Gasteiger partial charge in [-0.25, -0.2) is 0 Å². The Kier molecular flexibility index (Phi) is 11.7. The van der Waals surface area contributed by atoms with Gasteiger partial charge in [-0.1, -0.05) is 26.0 Å². The molecule has 0 saturated carbocycles. The summed E-state index contributed by atoms with van der Waals surface area (Å²) in [6.07, 6.45) is 1.94. The van der Waals surface area contributed by atoms with Gasteiger partial charge in [-0.2, -0.15) is 5.10 Å². The number of aryl methyl sites for hydroxylation is 3. The number of aromatic nitrogens is 2. The average molecular weight is 513 g/mol. The molecule has 7 heteroatoms. The lowest BCUT2D eigenvalue weighted by atomic mass is 10.1. The molecule has 6 nitrogen and oxygen atoms in total. The van der Waals surface area contributed by atoms with Crippen LogP contribution in [0, 0.1) is 19.8 Å². The molecule has 29 heavy (non-hydrogen) atoms. The quantitative estimate of drug-likeness (QED) is 0.219. The maximum Gasteiger partial charge on any atom is 0.190 e. The zero-order valence-electron chi connectivity index (χ0n) is 18.4. The third-order valence-electron chi connectivity index (χ3n) is 4.38. The Morgan fingerprint density at radius 3 is 2.41 bits per heavy atom. The number of hydrogen-bond donors (Lipinski definition) is 2. The molecule has 0 radical (unpaired) electrons. The number of nitrogens with zero attached hydrogens (tertiary/aromatic N) is 3. The molecule has 2 N–H and O–H groups in total. The minimum atomic E-state index is 0. The van der Waals surface area contributed by atoms with Crippen LogP contribution in [0.2, 0.25) is 0 Å². The summed E-state index contributed by atoms with van der Waals surface area (Å²) in [5.41, 5.74) is 3.56. The highest BCUT2D eigenvalue weighted by atomic mass is 127. The number of guanidine groups is 1. The van der Waals surface area contributed by atoms with Gasteiger partial charge in [0.15, 0.2) is 5.96 Å². The largest absolute Gasteiger partial charge is 0.493 e. The molecule has 0 unspecified atom stereocenters. The fraction of sp³-hybridized carbons (Fsp3) is 0.545. The highest BCUT2D eigenvalue weighted by Gasteiger charge is 2.02. The molecule has 0 atom stereocenters. The van der Waals surface area contributed by atoms with Crippen LogP contribution in [-0.2, 0) is 13.0 Å². The van der Waals surface area contributed by atoms with Crippen molar-refractivity contribution in [2.75, 3.05) is 26.7 Å². The van der Waals surface area contributed by atoms with Gasteiger partial charge in [-0.05, 0) is 56.4 Å². The van der Waals surface area contributed by atoms with Crippen LogP contribution in [0.3, 0.4) is 0 Å². The Morgan fingerprint density at radius 1 is 1.14 bits per heavy atom. The third-order valence-corrected chi connectivity index (χ3v) is 4.38. The monoisotopic (exact) mass is 513 g/mol. The molecule has 0 saturated heterocycles. The van der Waals surface area contributed by atoms with Gasteiger partial charge in [0, 0.05) is 32.4 Å². The summed E-state index contributed by atoms with van der Waals surface area (Å²) >= 11 is 0. The predicted octanol–water partition coefficient (Wildman–Crippen LogP) is 3.95. The summed E-state index contributed by atoms with van der Waals surface area (Å²) in [5, 5.41) is 11.2. The highest BCUT2D eigenvalue weighted by Crippen LogP contribution is 2.13. The van der Waals surface area contributed by atoms with Crippen molar-refractivity contribution in [3.8, 4) is 5.75 Å². The van der Waals surface area contributed by atoms with Gasteiger partial charge in [-0.15, -0.1) is 24.0 Å². The minimum Gasteiger partial charge on any atom is -0.493 e. The molecule has 0 aliphatic rings. The molecule has 1 aromatic carbocycles. The standard InChI is InChI=1S/C22H35N5O.HI/c1-17(2)16-28-21-9-7-20(8-10-21)11-13-25-22(23-5)24-12-6-14-27-19(4)15-18(3)26-27;/h7-10,15,17H,6,11-14,16H2,1-5H3,(H2,23,24,25);1H. The van der Waals surface area contributed by atoms with E-state index >= 15 is 0 Å². The fourth-order valence-electron chi connectivity index (χ4n) is 2.90. The second kappa shape index (κ2) is 13.5. The summed E-state index contributed by atoms with van der Waals surface area (Å²) in [6.45, 7) is 11.8. The molecule has 0 bridgehead atoms. The van der Waals surface area contributed by atoms with Gasteiger partial charge in [0.1, 0.15) is 5.75 Å². The maximum atomic E-state index is 5.73. The van der Waals surface area contributed by atoms with Crippen molar-refractivity contribution in [1.29, 1.82) is 0 Å². The molecule has 0 fully saturated rings. The van der Waals surface area contributed by atoms with Gasteiger partial charge in [-0.3, -0.25) is 9.67 Å². The van der Waals surface area contributed by atoms with E-state index in [-0.39, 0.29) is 24.0 Å². The first-order chi connectivity index (χ1) is 13.5. The van der Waals surface area contributed by atoms with Crippen molar-refractivity contribution in [3.05, 3.63) is 47.3 Å². The van der Waals surface area contributed by atoms with Gasteiger partial charge in [0.25, 0.3) is 0 Å². The second-order valence-corrected chi connectivity index (χ2v) is 7.53. The number of benzene rings is 1. The summed E-state index contributed by atoms with van der Waals surface area (Å²) < 4.78 is 7.78. The molecule has 2 rings (SSSR count). The summed E-state index contributed by atoms with van der Waals surface area (Å²) in [6, 6.07) is 10.5. The number of hydrogen-bond acceptors (Lipinski definition) is 3. The molecule has 2 aromatic rings. The van der Waals surface area contributed by atoms with Crippen LogP contribution in [0.4, 0.5) is 0 Å². The van der Waals surface area contributed by atoms with Crippen molar-refractivity contribution < 1.29 is 4.74 Å². The topological polar surface area (TPSA) is 63.5 Å². The Labute approximate surface area is 192 Å². The van der Waals surface area contributed by atoms with E-state index in [0.717, 1.165) is 56.5 Å². The Balaban J connectivity index is 0.00000420. The Hall–Kier alpha value is -1.77. The van der Waals surface area contributed by atoms with Crippen LogP contribution < -0.4 is 15.4 Å². The van der Waals surface area contributed by atoms with Gasteiger partial charge in [0.05, 0.1) is 12.3 Å². The third kappa shape index (κ3) is 9.51. The van der Waals surface area contributed by atoms with E-state index in [0.29, 0.717) is 5.92 Å². The lowest BCUT2D eigenvalue weighted by molar-refractivity contribution is 0.271. The lowest BCUT2D eigenvalue weighted by Gasteiger charge is -2.13. The zero-order chi connectivity index (χ0) is 20.4. The van der Waals surface area contributed by atoms with E-state index in [9.17, 15) is 0 Å². The van der Waals surface area contributed by atoms with Gasteiger partial charge in [0.2, 0.25) is 0 Å². The van der Waals surface area contributed by atoms with Crippen LogP contribution in [0.5, 0.6) is 5.75 Å². The van der Waals surface area contributed by atoms with E-state index in [4.69, 9.17) is 4.74 Å². The lowest BCUT2D eigenvalue weighted by Crippen LogP contribution is -2.39. The highest BCUT2D eigenvalue weighted by molar-refractivity contribution is 14.0. The number of halogens is 1. The molecular weight excluding hydrogens is 477 g/mol. The maximum absolute atomic E-state index is 5.73. The van der Waals surface area contributed by atoms with Crippen molar-refractivity contribution in [2.24, 2.45) is 10.9 Å². The first kappa shape index (κ1) is 25.3. The van der Waals surface area contributed by atoms with E-state index in [1.807, 2.05) is 19.1 Å². The van der Waals surface area contributed by atoms with Crippen molar-refractivity contribution in [3.63, 3.8) is 0 Å². The number of nitrogens with one attached hydrogen (secondary N) is 2. The van der Waals surface area contributed by atoms with Crippen LogP contribution in [-0.4, -0.2) is 42.5 Å².